The molecule has 1 aliphatic rings. The molecule has 0 aromatic heterocycles. The molecule has 2 heteroatoms. The molecular weight excluding hydrogens is 213 g/mol. The molecule has 1 saturated carbocycles. The van der Waals surface area contributed by atoms with Crippen molar-refractivity contribution in [1.82, 2.24) is 5.32 Å². The summed E-state index contributed by atoms with van der Waals surface area (Å²) >= 11 is 0. The molecule has 0 unspecified atom stereocenters. The maximum atomic E-state index is 13.0. The van der Waals surface area contributed by atoms with Crippen molar-refractivity contribution >= 4 is 0 Å². The molecule has 94 valence electrons. The Morgan fingerprint density at radius 3 is 2.71 bits per heavy atom. The van der Waals surface area contributed by atoms with E-state index in [1.54, 1.807) is 12.1 Å². The minimum absolute atomic E-state index is 0.125. The van der Waals surface area contributed by atoms with Crippen LogP contribution in [0.1, 0.15) is 37.3 Å². The van der Waals surface area contributed by atoms with E-state index in [4.69, 9.17) is 0 Å². The van der Waals surface area contributed by atoms with Crippen LogP contribution >= 0.6 is 0 Å². The van der Waals surface area contributed by atoms with E-state index in [-0.39, 0.29) is 5.82 Å². The first-order valence-corrected chi connectivity index (χ1v) is 6.61. The van der Waals surface area contributed by atoms with Crippen LogP contribution in [0.3, 0.4) is 0 Å². The van der Waals surface area contributed by atoms with Crippen LogP contribution in [0.5, 0.6) is 0 Å². The number of aryl methyl sites for hydroxylation is 1. The molecule has 0 heterocycles. The number of nitrogens with one attached hydrogen (secondary N) is 1. The van der Waals surface area contributed by atoms with Crippen LogP contribution in [-0.4, -0.2) is 13.1 Å². The van der Waals surface area contributed by atoms with Crippen molar-refractivity contribution in [3.63, 3.8) is 0 Å². The Kier molecular flexibility index (Phi) is 3.82. The second kappa shape index (κ2) is 5.18. The monoisotopic (exact) mass is 235 g/mol. The highest BCUT2D eigenvalue weighted by Crippen LogP contribution is 2.48. The zero-order chi connectivity index (χ0) is 12.3. The second-order valence-corrected chi connectivity index (χ2v) is 5.42. The summed E-state index contributed by atoms with van der Waals surface area (Å²) in [6.07, 6.45) is 4.89. The van der Waals surface area contributed by atoms with E-state index in [2.05, 4.69) is 12.2 Å². The Hall–Kier alpha value is -0.890. The molecule has 1 fully saturated rings. The summed E-state index contributed by atoms with van der Waals surface area (Å²) in [6.45, 7) is 6.41. The highest BCUT2D eigenvalue weighted by Gasteiger charge is 2.42. The van der Waals surface area contributed by atoms with Crippen LogP contribution in [0.2, 0.25) is 0 Å². The van der Waals surface area contributed by atoms with Crippen molar-refractivity contribution in [3.05, 3.63) is 35.1 Å². The van der Waals surface area contributed by atoms with Gasteiger partial charge in [0, 0.05) is 6.54 Å². The van der Waals surface area contributed by atoms with Crippen LogP contribution in [0.4, 0.5) is 4.39 Å². The van der Waals surface area contributed by atoms with Gasteiger partial charge in [0.15, 0.2) is 0 Å². The Balaban J connectivity index is 1.95. The van der Waals surface area contributed by atoms with Crippen LogP contribution in [0.15, 0.2) is 18.2 Å². The van der Waals surface area contributed by atoms with E-state index in [9.17, 15) is 4.39 Å². The van der Waals surface area contributed by atoms with Crippen molar-refractivity contribution in [2.24, 2.45) is 5.41 Å². The summed E-state index contributed by atoms with van der Waals surface area (Å²) in [5.74, 6) is -0.125. The Morgan fingerprint density at radius 1 is 1.35 bits per heavy atom. The number of rotatable bonds is 6. The third kappa shape index (κ3) is 3.29. The van der Waals surface area contributed by atoms with Gasteiger partial charge < -0.3 is 5.32 Å². The fourth-order valence-electron chi connectivity index (χ4n) is 2.38. The van der Waals surface area contributed by atoms with Crippen LogP contribution in [0, 0.1) is 18.2 Å². The fourth-order valence-corrected chi connectivity index (χ4v) is 2.38. The Labute approximate surface area is 103 Å². The SMILES string of the molecule is CCCNCC1(Cc2ccc(F)cc2C)CC1. The predicted octanol–water partition coefficient (Wildman–Crippen LogP) is 3.46. The van der Waals surface area contributed by atoms with Gasteiger partial charge in [-0.05, 0) is 67.8 Å². The standard InChI is InChI=1S/C15H22FN/c1-3-8-17-11-15(6-7-15)10-13-4-5-14(16)9-12(13)2/h4-5,9,17H,3,6-8,10-11H2,1-2H3. The average molecular weight is 235 g/mol. The summed E-state index contributed by atoms with van der Waals surface area (Å²) in [5, 5.41) is 3.51. The first-order chi connectivity index (χ1) is 8.15. The van der Waals surface area contributed by atoms with Crippen LogP contribution in [-0.2, 0) is 6.42 Å². The normalized spacial score (nSPS) is 17.1. The lowest BCUT2D eigenvalue weighted by Crippen LogP contribution is -2.26. The molecule has 1 aliphatic carbocycles. The summed E-state index contributed by atoms with van der Waals surface area (Å²) < 4.78 is 13.0. The highest BCUT2D eigenvalue weighted by molar-refractivity contribution is 5.28. The molecule has 0 bridgehead atoms. The van der Waals surface area contributed by atoms with E-state index in [1.807, 2.05) is 13.0 Å². The topological polar surface area (TPSA) is 12.0 Å². The average Bonchev–Trinajstić information content (AvgIpc) is 3.03. The van der Waals surface area contributed by atoms with Gasteiger partial charge in [-0.25, -0.2) is 4.39 Å². The van der Waals surface area contributed by atoms with Crippen molar-refractivity contribution in [3.8, 4) is 0 Å². The first kappa shape index (κ1) is 12.6. The van der Waals surface area contributed by atoms with Gasteiger partial charge in [-0.3, -0.25) is 0 Å². The predicted molar refractivity (Wildman–Crippen MR) is 69.7 cm³/mol. The maximum Gasteiger partial charge on any atom is 0.123 e. The van der Waals surface area contributed by atoms with E-state index < -0.39 is 0 Å². The number of benzene rings is 1. The largest absolute Gasteiger partial charge is 0.316 e. The number of hydrogen-bond acceptors (Lipinski definition) is 1. The first-order valence-electron chi connectivity index (χ1n) is 6.61. The quantitative estimate of drug-likeness (QED) is 0.745. The molecule has 0 radical (unpaired) electrons. The molecule has 17 heavy (non-hydrogen) atoms. The van der Waals surface area contributed by atoms with E-state index >= 15 is 0 Å². The molecule has 1 aromatic rings. The van der Waals surface area contributed by atoms with Gasteiger partial charge in [0.05, 0.1) is 0 Å². The van der Waals surface area contributed by atoms with Gasteiger partial charge in [-0.1, -0.05) is 13.0 Å². The van der Waals surface area contributed by atoms with Crippen LogP contribution < -0.4 is 5.32 Å². The lowest BCUT2D eigenvalue weighted by Gasteiger charge is -2.17. The van der Waals surface area contributed by atoms with E-state index in [0.717, 1.165) is 25.1 Å². The lowest BCUT2D eigenvalue weighted by atomic mass is 9.93. The summed E-state index contributed by atoms with van der Waals surface area (Å²) in [4.78, 5) is 0. The van der Waals surface area contributed by atoms with Gasteiger partial charge in [-0.15, -0.1) is 0 Å². The van der Waals surface area contributed by atoms with Crippen LogP contribution in [0.25, 0.3) is 0 Å². The molecular formula is C15H22FN. The Morgan fingerprint density at radius 2 is 2.12 bits per heavy atom. The number of hydrogen-bond donors (Lipinski definition) is 1. The molecule has 1 N–H and O–H groups in total. The van der Waals surface area contributed by atoms with Crippen molar-refractivity contribution in [2.45, 2.75) is 39.5 Å². The zero-order valence-electron chi connectivity index (χ0n) is 10.9. The lowest BCUT2D eigenvalue weighted by molar-refractivity contribution is 0.454. The fraction of sp³-hybridized carbons (Fsp3) is 0.600. The van der Waals surface area contributed by atoms with Gasteiger partial charge in [0.2, 0.25) is 0 Å². The second-order valence-electron chi connectivity index (χ2n) is 5.42. The summed E-state index contributed by atoms with van der Waals surface area (Å²) in [6, 6.07) is 5.17. The molecule has 2 rings (SSSR count). The summed E-state index contributed by atoms with van der Waals surface area (Å²) in [7, 11) is 0. The van der Waals surface area contributed by atoms with Gasteiger partial charge >= 0.3 is 0 Å². The number of halogens is 1. The van der Waals surface area contributed by atoms with E-state index in [1.165, 1.54) is 24.8 Å². The highest BCUT2D eigenvalue weighted by atomic mass is 19.1. The molecule has 1 aromatic carbocycles. The third-order valence-corrected chi connectivity index (χ3v) is 3.75. The van der Waals surface area contributed by atoms with Gasteiger partial charge in [-0.2, -0.15) is 0 Å². The zero-order valence-corrected chi connectivity index (χ0v) is 10.9. The van der Waals surface area contributed by atoms with Crippen molar-refractivity contribution in [1.29, 1.82) is 0 Å². The molecule has 1 nitrogen and oxygen atoms in total. The minimum atomic E-state index is -0.125. The van der Waals surface area contributed by atoms with Crippen molar-refractivity contribution in [2.75, 3.05) is 13.1 Å². The third-order valence-electron chi connectivity index (χ3n) is 3.75. The smallest absolute Gasteiger partial charge is 0.123 e. The molecule has 0 amide bonds. The Bertz CT molecular complexity index is 383. The van der Waals surface area contributed by atoms with Crippen molar-refractivity contribution < 1.29 is 4.39 Å². The molecule has 0 atom stereocenters. The van der Waals surface area contributed by atoms with Gasteiger partial charge in [0.25, 0.3) is 0 Å². The molecule has 0 aliphatic heterocycles. The molecule has 0 saturated heterocycles. The minimum Gasteiger partial charge on any atom is -0.316 e. The summed E-state index contributed by atoms with van der Waals surface area (Å²) in [5.41, 5.74) is 2.85. The molecule has 0 spiro atoms. The maximum absolute atomic E-state index is 13.0. The van der Waals surface area contributed by atoms with E-state index in [0.29, 0.717) is 5.41 Å². The van der Waals surface area contributed by atoms with Gasteiger partial charge in [0.1, 0.15) is 5.82 Å².